The summed E-state index contributed by atoms with van der Waals surface area (Å²) >= 11 is 0. The number of carboxylic acids is 1. The molecule has 12 heteroatoms. The van der Waals surface area contributed by atoms with E-state index in [0.29, 0.717) is 12.8 Å². The standard InChI is InChI=1S/C48H92NO10P/c1-3-5-7-9-11-13-15-17-19-20-21-22-23-24-25-26-28-29-31-33-35-37-39-46(50)56-41-44(42-57-60(54,55)58-43-45(49)48(52)53)59-47(51)40-38-36-34-32-30-27-18-16-14-12-10-8-6-4-2/h16,18,44-45H,3-15,17,19-43,49H2,1-2H3,(H,52,53)(H,54,55)/b18-16-. The van der Waals surface area contributed by atoms with Gasteiger partial charge in [0.25, 0.3) is 0 Å². The molecule has 0 saturated carbocycles. The van der Waals surface area contributed by atoms with Crippen molar-refractivity contribution in [3.63, 3.8) is 0 Å². The summed E-state index contributed by atoms with van der Waals surface area (Å²) in [7, 11) is -4.72. The van der Waals surface area contributed by atoms with E-state index in [1.165, 1.54) is 148 Å². The van der Waals surface area contributed by atoms with Gasteiger partial charge in [-0.25, -0.2) is 4.57 Å². The number of phosphoric ester groups is 1. The molecule has 0 aliphatic heterocycles. The molecule has 0 radical (unpaired) electrons. The Labute approximate surface area is 367 Å². The van der Waals surface area contributed by atoms with Crippen molar-refractivity contribution in [2.75, 3.05) is 19.8 Å². The van der Waals surface area contributed by atoms with Crippen LogP contribution in [-0.2, 0) is 37.5 Å². The van der Waals surface area contributed by atoms with E-state index in [2.05, 4.69) is 30.5 Å². The smallest absolute Gasteiger partial charge is 0.472 e. The molecule has 0 aliphatic rings. The van der Waals surface area contributed by atoms with Gasteiger partial charge in [-0.3, -0.25) is 23.4 Å². The van der Waals surface area contributed by atoms with Gasteiger partial charge in [0.2, 0.25) is 0 Å². The molecule has 0 aromatic rings. The van der Waals surface area contributed by atoms with Crippen LogP contribution in [0.1, 0.15) is 245 Å². The minimum Gasteiger partial charge on any atom is -0.480 e. The summed E-state index contributed by atoms with van der Waals surface area (Å²) in [6.45, 7) is 2.83. The average molecular weight is 874 g/mol. The number of hydrogen-bond acceptors (Lipinski definition) is 9. The van der Waals surface area contributed by atoms with E-state index in [1.807, 2.05) is 0 Å². The molecule has 0 heterocycles. The summed E-state index contributed by atoms with van der Waals surface area (Å²) < 4.78 is 32.8. The third-order valence-corrected chi connectivity index (χ3v) is 12.0. The summed E-state index contributed by atoms with van der Waals surface area (Å²) in [4.78, 5) is 46.1. The van der Waals surface area contributed by atoms with E-state index in [-0.39, 0.29) is 19.4 Å². The lowest BCUT2D eigenvalue weighted by Gasteiger charge is -2.20. The predicted octanol–water partition coefficient (Wildman–Crippen LogP) is 13.6. The van der Waals surface area contributed by atoms with Crippen LogP contribution in [-0.4, -0.2) is 59.9 Å². The first-order valence-electron chi connectivity index (χ1n) is 24.7. The Kier molecular flexibility index (Phi) is 42.6. The quantitative estimate of drug-likeness (QED) is 0.0230. The molecule has 0 amide bonds. The van der Waals surface area contributed by atoms with E-state index < -0.39 is 51.1 Å². The number of allylic oxidation sites excluding steroid dienone is 2. The first-order chi connectivity index (χ1) is 29.1. The van der Waals surface area contributed by atoms with Crippen molar-refractivity contribution in [3.8, 4) is 0 Å². The lowest BCUT2D eigenvalue weighted by atomic mass is 10.0. The van der Waals surface area contributed by atoms with Crippen molar-refractivity contribution in [2.45, 2.75) is 257 Å². The SMILES string of the molecule is CCCCCCC/C=C\CCCCCCCC(=O)OC(COC(=O)CCCCCCCCCCCCCCCCCCCCCCCC)COP(=O)(O)OCC(N)C(=O)O. The molecule has 0 saturated heterocycles. The van der Waals surface area contributed by atoms with Gasteiger partial charge in [0.05, 0.1) is 13.2 Å². The molecule has 0 bridgehead atoms. The predicted molar refractivity (Wildman–Crippen MR) is 245 cm³/mol. The van der Waals surface area contributed by atoms with Crippen LogP contribution >= 0.6 is 7.82 Å². The molecule has 354 valence electrons. The monoisotopic (exact) mass is 874 g/mol. The van der Waals surface area contributed by atoms with Crippen LogP contribution in [0.3, 0.4) is 0 Å². The fourth-order valence-electron chi connectivity index (χ4n) is 7.12. The van der Waals surface area contributed by atoms with E-state index in [4.69, 9.17) is 24.8 Å². The lowest BCUT2D eigenvalue weighted by molar-refractivity contribution is -0.161. The maximum absolute atomic E-state index is 12.6. The number of ether oxygens (including phenoxy) is 2. The number of carbonyl (C=O) groups excluding carboxylic acids is 2. The van der Waals surface area contributed by atoms with Gasteiger partial charge >= 0.3 is 25.7 Å². The van der Waals surface area contributed by atoms with E-state index in [0.717, 1.165) is 57.8 Å². The molecule has 3 atom stereocenters. The molecule has 0 aromatic carbocycles. The second-order valence-corrected chi connectivity index (χ2v) is 18.4. The number of carbonyl (C=O) groups is 3. The maximum Gasteiger partial charge on any atom is 0.472 e. The molecule has 4 N–H and O–H groups in total. The molecular formula is C48H92NO10P. The van der Waals surface area contributed by atoms with Gasteiger partial charge in [0.15, 0.2) is 6.10 Å². The number of esters is 2. The summed E-state index contributed by atoms with van der Waals surface area (Å²) in [6.07, 6.45) is 45.7. The molecule has 11 nitrogen and oxygen atoms in total. The Balaban J connectivity index is 4.19. The number of phosphoric acid groups is 1. The van der Waals surface area contributed by atoms with Gasteiger partial charge in [-0.2, -0.15) is 0 Å². The number of nitrogens with two attached hydrogens (primary N) is 1. The number of aliphatic carboxylic acids is 1. The van der Waals surface area contributed by atoms with Crippen molar-refractivity contribution in [1.82, 2.24) is 0 Å². The van der Waals surface area contributed by atoms with Gasteiger partial charge in [-0.1, -0.05) is 206 Å². The number of hydrogen-bond donors (Lipinski definition) is 3. The summed E-state index contributed by atoms with van der Waals surface area (Å²) in [5.41, 5.74) is 5.34. The summed E-state index contributed by atoms with van der Waals surface area (Å²) in [5, 5.41) is 8.90. The second-order valence-electron chi connectivity index (χ2n) is 17.0. The Bertz CT molecular complexity index is 1070. The topological polar surface area (TPSA) is 172 Å². The third kappa shape index (κ3) is 42.9. The fourth-order valence-corrected chi connectivity index (χ4v) is 7.90. The van der Waals surface area contributed by atoms with Gasteiger partial charge in [-0.05, 0) is 38.5 Å². The molecule has 0 fully saturated rings. The molecular weight excluding hydrogens is 781 g/mol. The van der Waals surface area contributed by atoms with Crippen LogP contribution in [0.2, 0.25) is 0 Å². The minimum atomic E-state index is -4.72. The highest BCUT2D eigenvalue weighted by Crippen LogP contribution is 2.43. The number of unbranched alkanes of at least 4 members (excludes halogenated alkanes) is 31. The molecule has 0 aliphatic carbocycles. The van der Waals surface area contributed by atoms with Crippen molar-refractivity contribution < 1.29 is 47.5 Å². The van der Waals surface area contributed by atoms with Gasteiger partial charge in [0.1, 0.15) is 12.6 Å². The van der Waals surface area contributed by atoms with Gasteiger partial charge in [-0.15, -0.1) is 0 Å². The Morgan fingerprint density at radius 3 is 1.22 bits per heavy atom. The van der Waals surface area contributed by atoms with E-state index in [9.17, 15) is 23.8 Å². The zero-order valence-electron chi connectivity index (χ0n) is 38.6. The maximum atomic E-state index is 12.6. The van der Waals surface area contributed by atoms with Crippen molar-refractivity contribution in [3.05, 3.63) is 12.2 Å². The fraction of sp³-hybridized carbons (Fsp3) is 0.896. The highest BCUT2D eigenvalue weighted by Gasteiger charge is 2.28. The molecule has 60 heavy (non-hydrogen) atoms. The highest BCUT2D eigenvalue weighted by molar-refractivity contribution is 7.47. The lowest BCUT2D eigenvalue weighted by Crippen LogP contribution is -2.34. The second kappa shape index (κ2) is 43.9. The van der Waals surface area contributed by atoms with E-state index >= 15 is 0 Å². The molecule has 3 unspecified atom stereocenters. The third-order valence-electron chi connectivity index (χ3n) is 11.0. The minimum absolute atomic E-state index is 0.155. The van der Waals surface area contributed by atoms with Crippen molar-refractivity contribution >= 4 is 25.7 Å². The molecule has 0 aromatic heterocycles. The molecule has 0 spiro atoms. The summed E-state index contributed by atoms with van der Waals surface area (Å²) in [5.74, 6) is -2.37. The Morgan fingerprint density at radius 1 is 0.500 bits per heavy atom. The average Bonchev–Trinajstić information content (AvgIpc) is 3.22. The van der Waals surface area contributed by atoms with Crippen molar-refractivity contribution in [2.24, 2.45) is 5.73 Å². The van der Waals surface area contributed by atoms with Crippen LogP contribution in [0.25, 0.3) is 0 Å². The van der Waals surface area contributed by atoms with Gasteiger partial charge in [0, 0.05) is 12.8 Å². The zero-order valence-corrected chi connectivity index (χ0v) is 39.5. The van der Waals surface area contributed by atoms with Crippen LogP contribution < -0.4 is 5.73 Å². The van der Waals surface area contributed by atoms with Crippen LogP contribution in [0.15, 0.2) is 12.2 Å². The highest BCUT2D eigenvalue weighted by atomic mass is 31.2. The number of carboxylic acid groups (broad SMARTS) is 1. The summed E-state index contributed by atoms with van der Waals surface area (Å²) in [6, 6.07) is -1.52. The van der Waals surface area contributed by atoms with E-state index in [1.54, 1.807) is 0 Å². The number of rotatable bonds is 47. The first kappa shape index (κ1) is 58.2. The largest absolute Gasteiger partial charge is 0.480 e. The first-order valence-corrected chi connectivity index (χ1v) is 26.2. The Hall–Kier alpha value is -1.78. The van der Waals surface area contributed by atoms with Crippen molar-refractivity contribution in [1.29, 1.82) is 0 Å². The van der Waals surface area contributed by atoms with Crippen LogP contribution in [0.5, 0.6) is 0 Å². The van der Waals surface area contributed by atoms with Crippen LogP contribution in [0, 0.1) is 0 Å². The van der Waals surface area contributed by atoms with Gasteiger partial charge < -0.3 is 25.2 Å². The molecule has 0 rings (SSSR count). The normalized spacial score (nSPS) is 13.7. The zero-order chi connectivity index (χ0) is 44.2. The van der Waals surface area contributed by atoms with Crippen LogP contribution in [0.4, 0.5) is 0 Å². The Morgan fingerprint density at radius 2 is 0.833 bits per heavy atom.